The molecule has 1 heterocycles. The Labute approximate surface area is 204 Å². The van der Waals surface area contributed by atoms with Gasteiger partial charge in [-0.3, -0.25) is 14.6 Å². The normalized spacial score (nSPS) is 12.5. The molecule has 0 atom stereocenters. The molecule has 0 saturated heterocycles. The van der Waals surface area contributed by atoms with Crippen LogP contribution in [0.4, 0.5) is 11.4 Å². The number of anilines is 2. The molecule has 0 spiro atoms. The molecular formula is C25H26Cl2N4O2. The van der Waals surface area contributed by atoms with Crippen molar-refractivity contribution < 1.29 is 9.59 Å². The number of hydrogen-bond donors (Lipinski definition) is 3. The van der Waals surface area contributed by atoms with Crippen molar-refractivity contribution in [3.05, 3.63) is 76.4 Å². The van der Waals surface area contributed by atoms with Gasteiger partial charge in [-0.25, -0.2) is 0 Å². The van der Waals surface area contributed by atoms with E-state index < -0.39 is 17.2 Å². The second-order valence-electron chi connectivity index (χ2n) is 8.40. The number of benzene rings is 2. The lowest BCUT2D eigenvalue weighted by Gasteiger charge is -2.22. The van der Waals surface area contributed by atoms with E-state index in [2.05, 4.69) is 11.4 Å². The van der Waals surface area contributed by atoms with E-state index in [0.717, 1.165) is 53.2 Å². The molecule has 5 N–H and O–H groups in total. The first-order valence-electron chi connectivity index (χ1n) is 10.5. The van der Waals surface area contributed by atoms with Gasteiger partial charge >= 0.3 is 0 Å². The zero-order valence-electron chi connectivity index (χ0n) is 18.2. The van der Waals surface area contributed by atoms with E-state index in [1.54, 1.807) is 0 Å². The van der Waals surface area contributed by atoms with Crippen LogP contribution in [0.25, 0.3) is 11.3 Å². The summed E-state index contributed by atoms with van der Waals surface area (Å²) in [7, 11) is 0. The molecule has 1 aliphatic carbocycles. The highest BCUT2D eigenvalue weighted by molar-refractivity contribution is 6.30. The molecule has 0 unspecified atom stereocenters. The number of pyridine rings is 1. The van der Waals surface area contributed by atoms with Crippen LogP contribution in [0.2, 0.25) is 5.02 Å². The highest BCUT2D eigenvalue weighted by Gasteiger charge is 2.37. The molecule has 172 valence electrons. The van der Waals surface area contributed by atoms with Gasteiger partial charge in [0.15, 0.2) is 0 Å². The number of hydrogen-bond acceptors (Lipinski definition) is 4. The third-order valence-corrected chi connectivity index (χ3v) is 6.28. The maximum atomic E-state index is 11.7. The Balaban J connectivity index is 0.00000306. The number of aromatic nitrogens is 1. The van der Waals surface area contributed by atoms with E-state index in [9.17, 15) is 9.59 Å². The van der Waals surface area contributed by atoms with Gasteiger partial charge in [-0.2, -0.15) is 0 Å². The molecule has 2 amide bonds. The van der Waals surface area contributed by atoms with Crippen LogP contribution >= 0.6 is 24.0 Å². The van der Waals surface area contributed by atoms with Crippen LogP contribution < -0.4 is 16.8 Å². The van der Waals surface area contributed by atoms with Crippen molar-refractivity contribution in [3.63, 3.8) is 0 Å². The fourth-order valence-corrected chi connectivity index (χ4v) is 4.21. The maximum Gasteiger partial charge on any atom is 0.233 e. The second-order valence-corrected chi connectivity index (χ2v) is 8.84. The van der Waals surface area contributed by atoms with Crippen molar-refractivity contribution in [1.82, 2.24) is 4.98 Å². The van der Waals surface area contributed by atoms with Gasteiger partial charge < -0.3 is 16.8 Å². The number of carbonyl (C=O) groups is 2. The molecule has 33 heavy (non-hydrogen) atoms. The number of fused-ring (bicyclic) bond motifs is 1. The minimum absolute atomic E-state index is 0. The summed E-state index contributed by atoms with van der Waals surface area (Å²) in [6.45, 7) is 1.47. The predicted octanol–water partition coefficient (Wildman–Crippen LogP) is 4.58. The molecular weight excluding hydrogens is 459 g/mol. The summed E-state index contributed by atoms with van der Waals surface area (Å²) in [6, 6.07) is 17.3. The SMILES string of the molecule is CC(Cc1ccc(Nc2cc(-c3cccc(Cl)c3)nc3c2CCC3)cc1)(C(N)=O)C(N)=O.Cl. The van der Waals surface area contributed by atoms with Gasteiger partial charge in [0.25, 0.3) is 0 Å². The van der Waals surface area contributed by atoms with Crippen LogP contribution in [0.3, 0.4) is 0 Å². The van der Waals surface area contributed by atoms with Gasteiger partial charge in [0, 0.05) is 27.7 Å². The number of primary amides is 2. The Hall–Kier alpha value is -3.09. The molecule has 0 bridgehead atoms. The number of rotatable bonds is 7. The summed E-state index contributed by atoms with van der Waals surface area (Å²) in [5.74, 6) is -1.46. The van der Waals surface area contributed by atoms with E-state index in [1.807, 2.05) is 48.5 Å². The first kappa shape index (κ1) is 24.6. The van der Waals surface area contributed by atoms with Crippen molar-refractivity contribution in [3.8, 4) is 11.3 Å². The van der Waals surface area contributed by atoms with Crippen molar-refractivity contribution in [2.24, 2.45) is 16.9 Å². The molecule has 3 aromatic rings. The summed E-state index contributed by atoms with van der Waals surface area (Å²) in [4.78, 5) is 28.4. The fraction of sp³-hybridized carbons (Fsp3) is 0.240. The number of halogens is 2. The molecule has 0 saturated carbocycles. The third-order valence-electron chi connectivity index (χ3n) is 6.05. The van der Waals surface area contributed by atoms with Gasteiger partial charge in [0.2, 0.25) is 11.8 Å². The molecule has 0 aliphatic heterocycles. The lowest BCUT2D eigenvalue weighted by atomic mass is 9.82. The second kappa shape index (κ2) is 9.81. The lowest BCUT2D eigenvalue weighted by Crippen LogP contribution is -2.46. The molecule has 0 fully saturated rings. The highest BCUT2D eigenvalue weighted by atomic mass is 35.5. The number of nitrogens with one attached hydrogen (secondary N) is 1. The van der Waals surface area contributed by atoms with Crippen molar-refractivity contribution in [2.75, 3.05) is 5.32 Å². The van der Waals surface area contributed by atoms with Gasteiger partial charge in [0.05, 0.1) is 5.69 Å². The third kappa shape index (κ3) is 5.13. The van der Waals surface area contributed by atoms with E-state index >= 15 is 0 Å². The zero-order chi connectivity index (χ0) is 22.9. The topological polar surface area (TPSA) is 111 Å². The molecule has 8 heteroatoms. The molecule has 1 aromatic heterocycles. The Morgan fingerprint density at radius 2 is 1.76 bits per heavy atom. The highest BCUT2D eigenvalue weighted by Crippen LogP contribution is 2.34. The van der Waals surface area contributed by atoms with Crippen LogP contribution in [0.15, 0.2) is 54.6 Å². The summed E-state index contributed by atoms with van der Waals surface area (Å²) >= 11 is 6.18. The smallest absolute Gasteiger partial charge is 0.233 e. The number of aryl methyl sites for hydroxylation is 1. The molecule has 0 radical (unpaired) electrons. The van der Waals surface area contributed by atoms with Crippen LogP contribution in [-0.4, -0.2) is 16.8 Å². The zero-order valence-corrected chi connectivity index (χ0v) is 19.8. The van der Waals surface area contributed by atoms with E-state index in [1.165, 1.54) is 12.5 Å². The van der Waals surface area contributed by atoms with Crippen molar-refractivity contribution in [2.45, 2.75) is 32.6 Å². The van der Waals surface area contributed by atoms with Crippen molar-refractivity contribution in [1.29, 1.82) is 0 Å². The Bertz CT molecular complexity index is 1180. The minimum Gasteiger partial charge on any atom is -0.369 e. The number of carbonyl (C=O) groups excluding carboxylic acids is 2. The average Bonchev–Trinajstić information content (AvgIpc) is 3.24. The van der Waals surface area contributed by atoms with Gasteiger partial charge in [0.1, 0.15) is 5.41 Å². The Morgan fingerprint density at radius 1 is 1.06 bits per heavy atom. The van der Waals surface area contributed by atoms with Gasteiger partial charge in [-0.15, -0.1) is 12.4 Å². The monoisotopic (exact) mass is 484 g/mol. The first-order valence-corrected chi connectivity index (χ1v) is 10.9. The van der Waals surface area contributed by atoms with Crippen LogP contribution in [0.1, 0.15) is 30.2 Å². The summed E-state index contributed by atoms with van der Waals surface area (Å²) in [6.07, 6.45) is 3.17. The van der Waals surface area contributed by atoms with Crippen LogP contribution in [-0.2, 0) is 28.9 Å². The molecule has 2 aromatic carbocycles. The minimum atomic E-state index is -1.42. The summed E-state index contributed by atoms with van der Waals surface area (Å²) in [5.41, 5.74) is 16.3. The van der Waals surface area contributed by atoms with Crippen LogP contribution in [0.5, 0.6) is 0 Å². The molecule has 6 nitrogen and oxygen atoms in total. The Morgan fingerprint density at radius 3 is 2.39 bits per heavy atom. The largest absolute Gasteiger partial charge is 0.369 e. The van der Waals surface area contributed by atoms with Gasteiger partial charge in [-0.1, -0.05) is 35.9 Å². The summed E-state index contributed by atoms with van der Waals surface area (Å²) in [5, 5.41) is 4.18. The molecule has 4 rings (SSSR count). The average molecular weight is 485 g/mol. The molecule has 1 aliphatic rings. The number of amides is 2. The van der Waals surface area contributed by atoms with Gasteiger partial charge in [-0.05, 0) is 74.1 Å². The fourth-order valence-electron chi connectivity index (χ4n) is 4.02. The lowest BCUT2D eigenvalue weighted by molar-refractivity contribution is -0.138. The summed E-state index contributed by atoms with van der Waals surface area (Å²) < 4.78 is 0. The number of nitrogens with two attached hydrogens (primary N) is 2. The predicted molar refractivity (Wildman–Crippen MR) is 134 cm³/mol. The van der Waals surface area contributed by atoms with E-state index in [0.29, 0.717) is 5.02 Å². The first-order chi connectivity index (χ1) is 15.3. The van der Waals surface area contributed by atoms with Crippen molar-refractivity contribution >= 4 is 47.2 Å². The number of nitrogens with zero attached hydrogens (tertiary/aromatic N) is 1. The standard InChI is InChI=1S/C25H25ClN4O2.ClH/c1-25(23(27)31,24(28)32)14-15-8-10-18(11-9-15)29-22-13-21(16-4-2-5-17(26)12-16)30-20-7-3-6-19(20)22;/h2,4-5,8-13H,3,6-7,14H2,1H3,(H2,27,31)(H2,28,32)(H,29,30);1H. The van der Waals surface area contributed by atoms with Crippen LogP contribution in [0, 0.1) is 5.41 Å². The Kier molecular flexibility index (Phi) is 7.30. The van der Waals surface area contributed by atoms with E-state index in [4.69, 9.17) is 28.1 Å². The quantitative estimate of drug-likeness (QED) is 0.426. The maximum absolute atomic E-state index is 11.7. The van der Waals surface area contributed by atoms with E-state index in [-0.39, 0.29) is 18.8 Å².